The summed E-state index contributed by atoms with van der Waals surface area (Å²) in [7, 11) is -2.14. The maximum Gasteiger partial charge on any atom is 0.264 e. The van der Waals surface area contributed by atoms with Crippen molar-refractivity contribution in [3.63, 3.8) is 0 Å². The topological polar surface area (TPSA) is 71.4 Å². The predicted molar refractivity (Wildman–Crippen MR) is 114 cm³/mol. The molecule has 3 rings (SSSR count). The first-order chi connectivity index (χ1) is 13.1. The molecule has 28 heavy (non-hydrogen) atoms. The third-order valence-electron chi connectivity index (χ3n) is 5.55. The fourth-order valence-electron chi connectivity index (χ4n) is 3.63. The fraction of sp³-hybridized carbons (Fsp3) is 0.450. The van der Waals surface area contributed by atoms with Gasteiger partial charge in [0.2, 0.25) is 0 Å². The summed E-state index contributed by atoms with van der Waals surface area (Å²) < 4.78 is 31.7. The van der Waals surface area contributed by atoms with Crippen LogP contribution in [0.3, 0.4) is 0 Å². The zero-order valence-electron chi connectivity index (χ0n) is 16.6. The van der Waals surface area contributed by atoms with Gasteiger partial charge in [-0.2, -0.15) is 0 Å². The van der Waals surface area contributed by atoms with Crippen molar-refractivity contribution < 1.29 is 13.2 Å². The van der Waals surface area contributed by atoms with Crippen LogP contribution in [0.1, 0.15) is 41.5 Å². The lowest BCUT2D eigenvalue weighted by Gasteiger charge is -2.30. The second-order valence-electron chi connectivity index (χ2n) is 7.52. The van der Waals surface area contributed by atoms with Crippen molar-refractivity contribution >= 4 is 37.5 Å². The van der Waals surface area contributed by atoms with Gasteiger partial charge in [0.15, 0.2) is 0 Å². The van der Waals surface area contributed by atoms with E-state index in [2.05, 4.69) is 27.6 Å². The zero-order valence-corrected chi connectivity index (χ0v) is 19.0. The van der Waals surface area contributed by atoms with E-state index in [-0.39, 0.29) is 16.4 Å². The average molecular weight is 468 g/mol. The van der Waals surface area contributed by atoms with Gasteiger partial charge in [0.25, 0.3) is 15.9 Å². The second-order valence-corrected chi connectivity index (χ2v) is 10.1. The highest BCUT2D eigenvalue weighted by molar-refractivity contribution is 9.10. The number of carbonyl (C=O) groups is 1. The molecule has 1 fully saturated rings. The smallest absolute Gasteiger partial charge is 0.264 e. The molecule has 1 aliphatic heterocycles. The summed E-state index contributed by atoms with van der Waals surface area (Å²) in [4.78, 5) is 15.1. The van der Waals surface area contributed by atoms with Gasteiger partial charge in [-0.05, 0) is 50.8 Å². The lowest BCUT2D eigenvalue weighted by Crippen LogP contribution is -2.38. The zero-order chi connectivity index (χ0) is 20.6. The van der Waals surface area contributed by atoms with Crippen LogP contribution < -0.4 is 4.72 Å². The van der Waals surface area contributed by atoms with E-state index in [0.717, 1.165) is 17.3 Å². The second kappa shape index (κ2) is 7.91. The first-order valence-corrected chi connectivity index (χ1v) is 11.6. The highest BCUT2D eigenvalue weighted by Crippen LogP contribution is 2.31. The first kappa shape index (κ1) is 20.9. The van der Waals surface area contributed by atoms with E-state index in [0.29, 0.717) is 36.1 Å². The monoisotopic (exact) mass is 467 g/mol. The maximum atomic E-state index is 13.3. The molecule has 1 aliphatic rings. The molecular weight excluding hydrogens is 442 g/mol. The van der Waals surface area contributed by atoms with Crippen LogP contribution >= 0.6 is 15.9 Å². The Morgan fingerprint density at radius 1 is 1.18 bits per heavy atom. The lowest BCUT2D eigenvalue weighted by molar-refractivity contribution is 0.0692. The molecule has 2 aromatic rings. The van der Waals surface area contributed by atoms with Crippen molar-refractivity contribution in [3.8, 4) is 0 Å². The molecule has 0 bridgehead atoms. The number of sulfonamides is 1. The molecule has 0 atom stereocenters. The Morgan fingerprint density at radius 3 is 2.43 bits per heavy atom. The molecule has 0 spiro atoms. The number of benzene rings is 1. The molecule has 0 radical (unpaired) electrons. The van der Waals surface area contributed by atoms with Gasteiger partial charge in [0.1, 0.15) is 4.90 Å². The highest BCUT2D eigenvalue weighted by Gasteiger charge is 2.33. The van der Waals surface area contributed by atoms with Crippen molar-refractivity contribution in [2.75, 3.05) is 17.8 Å². The van der Waals surface area contributed by atoms with Gasteiger partial charge >= 0.3 is 0 Å². The molecule has 0 aliphatic carbocycles. The minimum Gasteiger partial charge on any atom is -0.350 e. The number of rotatable bonds is 4. The summed E-state index contributed by atoms with van der Waals surface area (Å²) in [6.45, 7) is 7.03. The third-order valence-corrected chi connectivity index (χ3v) is 7.59. The van der Waals surface area contributed by atoms with Crippen LogP contribution in [-0.2, 0) is 17.1 Å². The van der Waals surface area contributed by atoms with Crippen molar-refractivity contribution in [2.45, 2.75) is 38.5 Å². The highest BCUT2D eigenvalue weighted by atomic mass is 79.9. The van der Waals surface area contributed by atoms with E-state index in [1.54, 1.807) is 48.6 Å². The Kier molecular flexibility index (Phi) is 5.91. The average Bonchev–Trinajstić information content (AvgIpc) is 2.86. The van der Waals surface area contributed by atoms with Gasteiger partial charge < -0.3 is 9.47 Å². The normalized spacial score (nSPS) is 15.7. The van der Waals surface area contributed by atoms with Gasteiger partial charge in [-0.1, -0.05) is 28.9 Å². The van der Waals surface area contributed by atoms with Crippen molar-refractivity contribution in [3.05, 3.63) is 45.7 Å². The van der Waals surface area contributed by atoms with E-state index in [1.807, 2.05) is 6.07 Å². The predicted octanol–water partition coefficient (Wildman–Crippen LogP) is 4.08. The summed E-state index contributed by atoms with van der Waals surface area (Å²) in [6, 6.07) is 6.95. The Bertz CT molecular complexity index is 1010. The van der Waals surface area contributed by atoms with Crippen LogP contribution in [0.15, 0.2) is 33.6 Å². The number of anilines is 1. The molecule has 0 saturated carbocycles. The van der Waals surface area contributed by atoms with Gasteiger partial charge in [-0.15, -0.1) is 0 Å². The fourth-order valence-corrected chi connectivity index (χ4v) is 5.59. The van der Waals surface area contributed by atoms with E-state index >= 15 is 0 Å². The Morgan fingerprint density at radius 2 is 1.82 bits per heavy atom. The molecule has 1 saturated heterocycles. The van der Waals surface area contributed by atoms with Crippen LogP contribution in [0.4, 0.5) is 5.69 Å². The number of aromatic nitrogens is 1. The molecule has 1 amide bonds. The number of nitrogens with one attached hydrogen (secondary N) is 1. The summed E-state index contributed by atoms with van der Waals surface area (Å²) in [5.74, 6) is 0.381. The molecule has 0 unspecified atom stereocenters. The minimum atomic E-state index is -3.93. The van der Waals surface area contributed by atoms with E-state index in [1.165, 1.54) is 0 Å². The van der Waals surface area contributed by atoms with Crippen LogP contribution in [0.5, 0.6) is 0 Å². The number of hydrogen-bond acceptors (Lipinski definition) is 3. The number of carbonyl (C=O) groups excluding carboxylic acids is 1. The molecule has 8 heteroatoms. The lowest BCUT2D eigenvalue weighted by atomic mass is 9.98. The van der Waals surface area contributed by atoms with Crippen LogP contribution in [0.2, 0.25) is 0 Å². The quantitative estimate of drug-likeness (QED) is 0.735. The Hall–Kier alpha value is -1.80. The number of nitrogens with zero attached hydrogens (tertiary/aromatic N) is 2. The summed E-state index contributed by atoms with van der Waals surface area (Å²) in [6.07, 6.45) is 1.88. The molecule has 1 N–H and O–H groups in total. The van der Waals surface area contributed by atoms with Crippen molar-refractivity contribution in [1.82, 2.24) is 9.47 Å². The van der Waals surface area contributed by atoms with E-state index in [4.69, 9.17) is 0 Å². The van der Waals surface area contributed by atoms with Gasteiger partial charge in [-0.25, -0.2) is 8.42 Å². The third kappa shape index (κ3) is 3.98. The van der Waals surface area contributed by atoms with Crippen LogP contribution in [-0.4, -0.2) is 36.9 Å². The van der Waals surface area contributed by atoms with Crippen molar-refractivity contribution in [2.24, 2.45) is 13.0 Å². The Balaban J connectivity index is 2.03. The van der Waals surface area contributed by atoms with Gasteiger partial charge in [-0.3, -0.25) is 9.52 Å². The van der Waals surface area contributed by atoms with Gasteiger partial charge in [0, 0.05) is 41.7 Å². The largest absolute Gasteiger partial charge is 0.350 e. The molecular formula is C20H26BrN3O3S. The first-order valence-electron chi connectivity index (χ1n) is 9.35. The molecule has 1 aromatic carbocycles. The number of amides is 1. The number of piperidine rings is 1. The standard InChI is InChI=1S/C20H26BrN3O3S/c1-13-8-10-24(11-9-13)20(25)18-14(2)23(4)15(3)19(18)28(26,27)22-17-7-5-6-16(21)12-17/h5-7,12-13,22H,8-11H2,1-4H3. The molecule has 1 aromatic heterocycles. The summed E-state index contributed by atoms with van der Waals surface area (Å²) >= 11 is 3.35. The number of halogens is 1. The number of likely N-dealkylation sites (tertiary alicyclic amines) is 1. The summed E-state index contributed by atoms with van der Waals surface area (Å²) in [5, 5.41) is 0. The summed E-state index contributed by atoms with van der Waals surface area (Å²) in [5.41, 5.74) is 1.93. The van der Waals surface area contributed by atoms with Gasteiger partial charge in [0.05, 0.1) is 5.56 Å². The Labute approximate surface area is 175 Å². The minimum absolute atomic E-state index is 0.0658. The number of hydrogen-bond donors (Lipinski definition) is 1. The van der Waals surface area contributed by atoms with Crippen LogP contribution in [0, 0.1) is 19.8 Å². The van der Waals surface area contributed by atoms with Crippen LogP contribution in [0.25, 0.3) is 0 Å². The maximum absolute atomic E-state index is 13.3. The molecule has 2 heterocycles. The molecule has 6 nitrogen and oxygen atoms in total. The van der Waals surface area contributed by atoms with Crippen molar-refractivity contribution in [1.29, 1.82) is 0 Å². The molecule has 152 valence electrons. The van der Waals surface area contributed by atoms with E-state index in [9.17, 15) is 13.2 Å². The van der Waals surface area contributed by atoms with E-state index < -0.39 is 10.0 Å². The SMILES string of the molecule is Cc1c(C(=O)N2CCC(C)CC2)c(S(=O)(=O)Nc2cccc(Br)c2)c(C)n1C.